The summed E-state index contributed by atoms with van der Waals surface area (Å²) in [5.41, 5.74) is 2.27. The number of hydrogen-bond acceptors (Lipinski definition) is 3. The summed E-state index contributed by atoms with van der Waals surface area (Å²) in [7, 11) is 0. The number of nitrogens with zero attached hydrogens (tertiary/aromatic N) is 1. The molecular formula is C21H17NO3. The van der Waals surface area contributed by atoms with Crippen molar-refractivity contribution in [3.63, 3.8) is 0 Å². The number of amides is 2. The number of aldehydes is 1. The molecule has 2 aromatic rings. The number of hydrogen-bond donors (Lipinski definition) is 0. The Kier molecular flexibility index (Phi) is 5.06. The zero-order valence-corrected chi connectivity index (χ0v) is 13.7. The Morgan fingerprint density at radius 2 is 1.52 bits per heavy atom. The highest BCUT2D eigenvalue weighted by molar-refractivity contribution is 6.21. The van der Waals surface area contributed by atoms with Gasteiger partial charge in [0.2, 0.25) is 0 Å². The quantitative estimate of drug-likeness (QED) is 0.365. The lowest BCUT2D eigenvalue weighted by Crippen LogP contribution is -2.30. The van der Waals surface area contributed by atoms with Crippen LogP contribution in [0, 0.1) is 11.8 Å². The Balaban J connectivity index is 1.51. The number of carbonyl (C=O) groups is 3. The van der Waals surface area contributed by atoms with Gasteiger partial charge in [0.15, 0.2) is 6.29 Å². The van der Waals surface area contributed by atoms with Crippen molar-refractivity contribution in [1.82, 2.24) is 4.90 Å². The first-order valence-electron chi connectivity index (χ1n) is 8.20. The maximum Gasteiger partial charge on any atom is 0.261 e. The Hall–Kier alpha value is -3.19. The second kappa shape index (κ2) is 7.59. The van der Waals surface area contributed by atoms with Gasteiger partial charge in [-0.25, -0.2) is 0 Å². The van der Waals surface area contributed by atoms with E-state index in [9.17, 15) is 14.4 Å². The molecule has 25 heavy (non-hydrogen) atoms. The number of carbonyl (C=O) groups excluding carboxylic acids is 3. The van der Waals surface area contributed by atoms with Crippen LogP contribution in [0.25, 0.3) is 0 Å². The average Bonchev–Trinajstić information content (AvgIpc) is 2.89. The molecular weight excluding hydrogens is 314 g/mol. The van der Waals surface area contributed by atoms with Gasteiger partial charge in [0, 0.05) is 24.1 Å². The molecule has 2 aromatic carbocycles. The van der Waals surface area contributed by atoms with Crippen LogP contribution in [0.5, 0.6) is 0 Å². The number of unbranched alkanes of at least 4 members (excludes halogenated alkanes) is 2. The molecule has 1 heterocycles. The summed E-state index contributed by atoms with van der Waals surface area (Å²) in [6.07, 6.45) is 2.93. The Labute approximate surface area is 146 Å². The molecule has 0 unspecified atom stereocenters. The molecule has 0 saturated carbocycles. The summed E-state index contributed by atoms with van der Waals surface area (Å²) in [5.74, 6) is 5.61. The first-order chi connectivity index (χ1) is 12.2. The van der Waals surface area contributed by atoms with Crippen LogP contribution in [0.1, 0.15) is 55.9 Å². The van der Waals surface area contributed by atoms with E-state index in [4.69, 9.17) is 0 Å². The molecule has 0 aliphatic carbocycles. The van der Waals surface area contributed by atoms with Crippen LogP contribution in [0.4, 0.5) is 0 Å². The zero-order valence-electron chi connectivity index (χ0n) is 13.7. The third kappa shape index (κ3) is 3.51. The number of imide groups is 1. The number of fused-ring (bicyclic) bond motifs is 1. The molecule has 1 aliphatic rings. The van der Waals surface area contributed by atoms with Crippen molar-refractivity contribution in [3.05, 3.63) is 70.8 Å². The van der Waals surface area contributed by atoms with E-state index < -0.39 is 0 Å². The van der Waals surface area contributed by atoms with Crippen molar-refractivity contribution < 1.29 is 14.4 Å². The summed E-state index contributed by atoms with van der Waals surface area (Å²) < 4.78 is 0. The molecule has 0 spiro atoms. The molecule has 0 saturated heterocycles. The zero-order chi connectivity index (χ0) is 17.6. The molecule has 0 bridgehead atoms. The van der Waals surface area contributed by atoms with Gasteiger partial charge in [-0.05, 0) is 31.0 Å². The van der Waals surface area contributed by atoms with E-state index in [1.165, 1.54) is 4.90 Å². The minimum absolute atomic E-state index is 0.216. The van der Waals surface area contributed by atoms with Gasteiger partial charge in [0.25, 0.3) is 11.8 Å². The summed E-state index contributed by atoms with van der Waals surface area (Å²) in [6, 6.07) is 14.1. The number of rotatable bonds is 5. The standard InChI is InChI=1S/C21H17NO3/c23-15-17-11-5-4-10-16(17)9-3-1-2-8-14-22-20(24)18-12-6-7-13-19(18)21(22)25/h4-7,10-13,15H,1-2,8,14H2. The van der Waals surface area contributed by atoms with Gasteiger partial charge >= 0.3 is 0 Å². The Morgan fingerprint density at radius 1 is 0.880 bits per heavy atom. The van der Waals surface area contributed by atoms with Crippen molar-refractivity contribution in [3.8, 4) is 11.8 Å². The predicted octanol–water partition coefficient (Wildman–Crippen LogP) is 3.32. The fraction of sp³-hybridized carbons (Fsp3) is 0.190. The van der Waals surface area contributed by atoms with Crippen LogP contribution in [0.15, 0.2) is 48.5 Å². The third-order valence-electron chi connectivity index (χ3n) is 4.12. The van der Waals surface area contributed by atoms with Crippen LogP contribution < -0.4 is 0 Å². The molecule has 0 N–H and O–H groups in total. The van der Waals surface area contributed by atoms with Gasteiger partial charge in [-0.3, -0.25) is 19.3 Å². The van der Waals surface area contributed by atoms with Crippen LogP contribution in [-0.2, 0) is 0 Å². The van der Waals surface area contributed by atoms with E-state index in [1.54, 1.807) is 36.4 Å². The van der Waals surface area contributed by atoms with Crippen LogP contribution in [0.3, 0.4) is 0 Å². The van der Waals surface area contributed by atoms with Crippen molar-refractivity contribution in [2.24, 2.45) is 0 Å². The van der Waals surface area contributed by atoms with E-state index in [2.05, 4.69) is 11.8 Å². The lowest BCUT2D eigenvalue weighted by atomic mass is 10.1. The molecule has 4 heteroatoms. The highest BCUT2D eigenvalue weighted by Crippen LogP contribution is 2.22. The van der Waals surface area contributed by atoms with Crippen molar-refractivity contribution >= 4 is 18.1 Å². The Morgan fingerprint density at radius 3 is 2.20 bits per heavy atom. The van der Waals surface area contributed by atoms with Crippen molar-refractivity contribution in [2.75, 3.05) is 6.54 Å². The Bertz CT molecular complexity index is 854. The van der Waals surface area contributed by atoms with E-state index in [0.29, 0.717) is 36.1 Å². The fourth-order valence-electron chi connectivity index (χ4n) is 2.80. The first-order valence-corrected chi connectivity index (χ1v) is 8.20. The lowest BCUT2D eigenvalue weighted by molar-refractivity contribution is 0.0651. The lowest BCUT2D eigenvalue weighted by Gasteiger charge is -2.12. The van der Waals surface area contributed by atoms with Crippen LogP contribution in [-0.4, -0.2) is 29.5 Å². The normalized spacial score (nSPS) is 12.6. The summed E-state index contributed by atoms with van der Waals surface area (Å²) in [6.45, 7) is 0.402. The number of benzene rings is 2. The monoisotopic (exact) mass is 331 g/mol. The highest BCUT2D eigenvalue weighted by Gasteiger charge is 2.34. The maximum absolute atomic E-state index is 12.2. The topological polar surface area (TPSA) is 54.5 Å². The van der Waals surface area contributed by atoms with Gasteiger partial charge in [0.1, 0.15) is 0 Å². The molecule has 0 fully saturated rings. The van der Waals surface area contributed by atoms with Gasteiger partial charge in [0.05, 0.1) is 11.1 Å². The summed E-state index contributed by atoms with van der Waals surface area (Å²) in [4.78, 5) is 36.7. The molecule has 2 amide bonds. The summed E-state index contributed by atoms with van der Waals surface area (Å²) in [5, 5.41) is 0. The fourth-order valence-corrected chi connectivity index (χ4v) is 2.80. The maximum atomic E-state index is 12.2. The van der Waals surface area contributed by atoms with E-state index in [-0.39, 0.29) is 11.8 Å². The highest BCUT2D eigenvalue weighted by atomic mass is 16.2. The van der Waals surface area contributed by atoms with Crippen LogP contribution >= 0.6 is 0 Å². The molecule has 0 radical (unpaired) electrons. The molecule has 4 nitrogen and oxygen atoms in total. The van der Waals surface area contributed by atoms with Gasteiger partial charge in [-0.2, -0.15) is 0 Å². The molecule has 0 atom stereocenters. The van der Waals surface area contributed by atoms with Crippen molar-refractivity contribution in [2.45, 2.75) is 19.3 Å². The van der Waals surface area contributed by atoms with E-state index in [1.807, 2.05) is 12.1 Å². The molecule has 124 valence electrons. The molecule has 1 aliphatic heterocycles. The minimum Gasteiger partial charge on any atom is -0.298 e. The third-order valence-corrected chi connectivity index (χ3v) is 4.12. The van der Waals surface area contributed by atoms with Gasteiger partial charge in [-0.1, -0.05) is 42.2 Å². The first kappa shape index (κ1) is 16.7. The van der Waals surface area contributed by atoms with Crippen molar-refractivity contribution in [1.29, 1.82) is 0 Å². The SMILES string of the molecule is O=Cc1ccccc1C#CCCCCN1C(=O)c2ccccc2C1=O. The molecule has 3 rings (SSSR count). The summed E-state index contributed by atoms with van der Waals surface area (Å²) >= 11 is 0. The molecule has 0 aromatic heterocycles. The second-order valence-corrected chi connectivity index (χ2v) is 5.77. The minimum atomic E-state index is -0.216. The van der Waals surface area contributed by atoms with Crippen LogP contribution in [0.2, 0.25) is 0 Å². The average molecular weight is 331 g/mol. The largest absolute Gasteiger partial charge is 0.298 e. The van der Waals surface area contributed by atoms with E-state index in [0.717, 1.165) is 18.3 Å². The van der Waals surface area contributed by atoms with Gasteiger partial charge < -0.3 is 0 Å². The van der Waals surface area contributed by atoms with Gasteiger partial charge in [-0.15, -0.1) is 0 Å². The smallest absolute Gasteiger partial charge is 0.261 e. The predicted molar refractivity (Wildman–Crippen MR) is 94.4 cm³/mol. The van der Waals surface area contributed by atoms with E-state index >= 15 is 0 Å². The second-order valence-electron chi connectivity index (χ2n) is 5.77.